The van der Waals surface area contributed by atoms with E-state index >= 15 is 0 Å². The van der Waals surface area contributed by atoms with Gasteiger partial charge in [-0.05, 0) is 57.6 Å². The Kier molecular flexibility index (Phi) is 5.26. The van der Waals surface area contributed by atoms with Crippen molar-refractivity contribution in [3.05, 3.63) is 138 Å². The van der Waals surface area contributed by atoms with E-state index in [4.69, 9.17) is 0 Å². The summed E-state index contributed by atoms with van der Waals surface area (Å²) in [7, 11) is 0. The predicted molar refractivity (Wildman–Crippen MR) is 160 cm³/mol. The van der Waals surface area contributed by atoms with Gasteiger partial charge >= 0.3 is 0 Å². The van der Waals surface area contributed by atoms with Crippen molar-refractivity contribution >= 4 is 17.1 Å². The van der Waals surface area contributed by atoms with E-state index in [-0.39, 0.29) is 17.6 Å². The molecule has 1 aliphatic carbocycles. The molecule has 0 fully saturated rings. The molecule has 1 aliphatic heterocycles. The summed E-state index contributed by atoms with van der Waals surface area (Å²) in [5.41, 5.74) is 12.5. The van der Waals surface area contributed by atoms with Gasteiger partial charge in [0.25, 0.3) is 0 Å². The fourth-order valence-corrected chi connectivity index (χ4v) is 6.19. The molecule has 0 saturated heterocycles. The quantitative estimate of drug-likeness (QED) is 0.234. The van der Waals surface area contributed by atoms with E-state index in [0.717, 1.165) is 17.1 Å². The van der Waals surface area contributed by atoms with Gasteiger partial charge in [-0.3, -0.25) is 0 Å². The van der Waals surface area contributed by atoms with Gasteiger partial charge in [-0.2, -0.15) is 0 Å². The van der Waals surface area contributed by atoms with Crippen molar-refractivity contribution in [2.75, 3.05) is 16.0 Å². The average Bonchev–Trinajstić information content (AvgIpc) is 3.19. The molecule has 0 aromatic heterocycles. The van der Waals surface area contributed by atoms with Crippen molar-refractivity contribution in [1.82, 2.24) is 0 Å². The lowest BCUT2D eigenvalue weighted by atomic mass is 9.81. The Bertz CT molecular complexity index is 1640. The average molecular weight is 494 g/mol. The summed E-state index contributed by atoms with van der Waals surface area (Å²) in [6.45, 7) is 4.68. The van der Waals surface area contributed by atoms with Gasteiger partial charge in [0, 0.05) is 16.7 Å². The predicted octanol–water partition coefficient (Wildman–Crippen LogP) is 8.68. The fourth-order valence-electron chi connectivity index (χ4n) is 6.19. The molecule has 5 aromatic rings. The maximum Gasteiger partial charge on any atom is 0.122 e. The van der Waals surface area contributed by atoms with E-state index in [9.17, 15) is 0 Å². The highest BCUT2D eigenvalue weighted by Crippen LogP contribution is 2.50. The van der Waals surface area contributed by atoms with Crippen LogP contribution < -0.4 is 16.0 Å². The fraction of sp³-hybridized carbons (Fsp3) is 0.143. The molecule has 0 bridgehead atoms. The second-order valence-corrected chi connectivity index (χ2v) is 10.8. The first-order valence-corrected chi connectivity index (χ1v) is 13.4. The molecule has 0 amide bonds. The number of benzene rings is 5. The minimum atomic E-state index is -0.0384. The van der Waals surface area contributed by atoms with Crippen LogP contribution in [-0.2, 0) is 5.41 Å². The zero-order chi connectivity index (χ0) is 25.7. The molecule has 3 heteroatoms. The summed E-state index contributed by atoms with van der Waals surface area (Å²) in [5.74, 6) is 0. The molecular weight excluding hydrogens is 462 g/mol. The molecule has 38 heavy (non-hydrogen) atoms. The number of para-hydroxylation sites is 3. The summed E-state index contributed by atoms with van der Waals surface area (Å²) in [4.78, 5) is 0. The second-order valence-electron chi connectivity index (χ2n) is 10.8. The van der Waals surface area contributed by atoms with E-state index in [1.807, 2.05) is 0 Å². The number of hydrogen-bond donors (Lipinski definition) is 3. The zero-order valence-corrected chi connectivity index (χ0v) is 21.7. The van der Waals surface area contributed by atoms with Crippen molar-refractivity contribution < 1.29 is 0 Å². The molecule has 7 rings (SSSR count). The molecule has 3 N–H and O–H groups in total. The Morgan fingerprint density at radius 2 is 1.21 bits per heavy atom. The lowest BCUT2D eigenvalue weighted by molar-refractivity contribution is 0.660. The molecule has 0 spiro atoms. The Labute approximate surface area is 224 Å². The van der Waals surface area contributed by atoms with Gasteiger partial charge in [0.05, 0.1) is 17.4 Å². The van der Waals surface area contributed by atoms with Crippen LogP contribution in [0.4, 0.5) is 17.1 Å². The first kappa shape index (κ1) is 22.7. The van der Waals surface area contributed by atoms with Crippen LogP contribution in [0.2, 0.25) is 0 Å². The van der Waals surface area contributed by atoms with Crippen LogP contribution in [0.5, 0.6) is 0 Å². The molecule has 2 atom stereocenters. The highest BCUT2D eigenvalue weighted by molar-refractivity contribution is 5.86. The number of hydrogen-bond acceptors (Lipinski definition) is 3. The maximum absolute atomic E-state index is 3.87. The SMILES string of the molecule is CC1(C)c2ccccc2-c2ccc(-c3ccccc3NC3Nc4ccccc4NC3c3ccccc3)cc21. The Hall–Kier alpha value is -4.50. The monoisotopic (exact) mass is 493 g/mol. The first-order valence-electron chi connectivity index (χ1n) is 13.4. The van der Waals surface area contributed by atoms with Gasteiger partial charge in [-0.1, -0.05) is 111 Å². The number of nitrogens with one attached hydrogen (secondary N) is 3. The van der Waals surface area contributed by atoms with Crippen molar-refractivity contribution in [3.8, 4) is 22.3 Å². The molecule has 186 valence electrons. The van der Waals surface area contributed by atoms with Gasteiger partial charge in [-0.25, -0.2) is 0 Å². The Balaban J connectivity index is 1.27. The third-order valence-corrected chi connectivity index (χ3v) is 8.17. The van der Waals surface area contributed by atoms with Gasteiger partial charge in [0.15, 0.2) is 0 Å². The van der Waals surface area contributed by atoms with Crippen molar-refractivity contribution in [1.29, 1.82) is 0 Å². The molecule has 3 nitrogen and oxygen atoms in total. The van der Waals surface area contributed by atoms with Gasteiger partial charge in [0.2, 0.25) is 0 Å². The summed E-state index contributed by atoms with van der Waals surface area (Å²) in [5, 5.41) is 11.4. The standard InChI is InChI=1S/C35H31N3/c1-35(2)28-16-8-6-15-26(28)27-21-20-24(22-29(27)35)25-14-7-9-17-30(25)37-34-33(23-12-4-3-5-13-23)36-31-18-10-11-19-32(31)38-34/h3-22,33-34,36-38H,1-2H3. The van der Waals surface area contributed by atoms with Crippen LogP contribution in [0.1, 0.15) is 36.6 Å². The zero-order valence-electron chi connectivity index (χ0n) is 21.7. The third-order valence-electron chi connectivity index (χ3n) is 8.17. The van der Waals surface area contributed by atoms with Crippen LogP contribution in [0.25, 0.3) is 22.3 Å². The van der Waals surface area contributed by atoms with Crippen LogP contribution in [0.15, 0.2) is 121 Å². The van der Waals surface area contributed by atoms with Crippen LogP contribution in [0.3, 0.4) is 0 Å². The normalized spacial score (nSPS) is 18.4. The third kappa shape index (κ3) is 3.66. The Morgan fingerprint density at radius 3 is 2.03 bits per heavy atom. The lowest BCUT2D eigenvalue weighted by Gasteiger charge is -2.37. The topological polar surface area (TPSA) is 36.1 Å². The highest BCUT2D eigenvalue weighted by Gasteiger charge is 2.35. The molecule has 0 saturated carbocycles. The smallest absolute Gasteiger partial charge is 0.122 e. The van der Waals surface area contributed by atoms with Crippen LogP contribution >= 0.6 is 0 Å². The van der Waals surface area contributed by atoms with Gasteiger partial charge < -0.3 is 16.0 Å². The summed E-state index contributed by atoms with van der Waals surface area (Å²) in [6, 6.07) is 43.6. The van der Waals surface area contributed by atoms with E-state index < -0.39 is 0 Å². The van der Waals surface area contributed by atoms with Crippen LogP contribution in [0, 0.1) is 0 Å². The number of rotatable bonds is 4. The van der Waals surface area contributed by atoms with Gasteiger partial charge in [0.1, 0.15) is 6.17 Å². The summed E-state index contributed by atoms with van der Waals surface area (Å²) < 4.78 is 0. The molecular formula is C35H31N3. The van der Waals surface area contributed by atoms with E-state index in [1.54, 1.807) is 0 Å². The lowest BCUT2D eigenvalue weighted by Crippen LogP contribution is -2.42. The van der Waals surface area contributed by atoms with E-state index in [0.29, 0.717) is 0 Å². The van der Waals surface area contributed by atoms with Crippen molar-refractivity contribution in [2.45, 2.75) is 31.5 Å². The molecule has 1 heterocycles. The Morgan fingerprint density at radius 1 is 0.579 bits per heavy atom. The maximum atomic E-state index is 3.87. The van der Waals surface area contributed by atoms with Crippen LogP contribution in [-0.4, -0.2) is 6.17 Å². The summed E-state index contributed by atoms with van der Waals surface area (Å²) >= 11 is 0. The molecule has 5 aromatic carbocycles. The minimum Gasteiger partial charge on any atom is -0.373 e. The highest BCUT2D eigenvalue weighted by atomic mass is 15.2. The van der Waals surface area contributed by atoms with Gasteiger partial charge in [-0.15, -0.1) is 0 Å². The van der Waals surface area contributed by atoms with Crippen molar-refractivity contribution in [2.24, 2.45) is 0 Å². The molecule has 0 radical (unpaired) electrons. The number of fused-ring (bicyclic) bond motifs is 4. The van der Waals surface area contributed by atoms with E-state index in [2.05, 4.69) is 151 Å². The minimum absolute atomic E-state index is 0.0265. The number of anilines is 3. The first-order chi connectivity index (χ1) is 18.6. The largest absolute Gasteiger partial charge is 0.373 e. The molecule has 2 unspecified atom stereocenters. The van der Waals surface area contributed by atoms with Crippen molar-refractivity contribution in [3.63, 3.8) is 0 Å². The van der Waals surface area contributed by atoms with E-state index in [1.165, 1.54) is 38.9 Å². The second kappa shape index (κ2) is 8.81. The summed E-state index contributed by atoms with van der Waals surface area (Å²) in [6.07, 6.45) is -0.0384. The molecule has 2 aliphatic rings.